The van der Waals surface area contributed by atoms with E-state index >= 15 is 0 Å². The molecule has 1 aromatic heterocycles. The standard InChI is InChI=1S/C14H18N4O2S/c1-3-8-12(13(19)20-4-2)21-14-15-16-17-18(14)11-9-6-5-7-10-11/h5-7,9-10,12H,3-4,8H2,1-2H3. The molecular weight excluding hydrogens is 288 g/mol. The van der Waals surface area contributed by atoms with E-state index in [0.717, 1.165) is 18.5 Å². The number of nitrogens with zero attached hydrogens (tertiary/aromatic N) is 4. The third-order valence-corrected chi connectivity index (χ3v) is 3.97. The summed E-state index contributed by atoms with van der Waals surface area (Å²) >= 11 is 1.34. The van der Waals surface area contributed by atoms with Gasteiger partial charge >= 0.3 is 5.97 Å². The smallest absolute Gasteiger partial charge is 0.319 e. The number of para-hydroxylation sites is 1. The van der Waals surface area contributed by atoms with Gasteiger partial charge in [-0.2, -0.15) is 4.68 Å². The molecular formula is C14H18N4O2S. The van der Waals surface area contributed by atoms with Crippen molar-refractivity contribution in [2.75, 3.05) is 6.61 Å². The highest BCUT2D eigenvalue weighted by molar-refractivity contribution is 8.00. The van der Waals surface area contributed by atoms with Crippen molar-refractivity contribution in [3.05, 3.63) is 30.3 Å². The molecule has 2 rings (SSSR count). The minimum absolute atomic E-state index is 0.216. The summed E-state index contributed by atoms with van der Waals surface area (Å²) in [4.78, 5) is 12.0. The number of carbonyl (C=O) groups is 1. The van der Waals surface area contributed by atoms with Gasteiger partial charge in [0.15, 0.2) is 0 Å². The molecule has 0 saturated carbocycles. The van der Waals surface area contributed by atoms with E-state index in [1.807, 2.05) is 37.3 Å². The summed E-state index contributed by atoms with van der Waals surface area (Å²) in [6.07, 6.45) is 1.62. The average Bonchev–Trinajstić information content (AvgIpc) is 2.96. The number of esters is 1. The van der Waals surface area contributed by atoms with E-state index in [9.17, 15) is 4.79 Å². The molecule has 7 heteroatoms. The number of aromatic nitrogens is 4. The summed E-state index contributed by atoms with van der Waals surface area (Å²) in [7, 11) is 0. The van der Waals surface area contributed by atoms with Crippen molar-refractivity contribution in [1.82, 2.24) is 20.2 Å². The zero-order chi connectivity index (χ0) is 15.1. The van der Waals surface area contributed by atoms with E-state index < -0.39 is 0 Å². The highest BCUT2D eigenvalue weighted by atomic mass is 32.2. The second-order valence-corrected chi connectivity index (χ2v) is 5.53. The van der Waals surface area contributed by atoms with E-state index in [1.54, 1.807) is 11.6 Å². The predicted molar refractivity (Wildman–Crippen MR) is 80.3 cm³/mol. The van der Waals surface area contributed by atoms with Gasteiger partial charge in [-0.1, -0.05) is 43.3 Å². The van der Waals surface area contributed by atoms with Crippen LogP contribution in [0.4, 0.5) is 0 Å². The zero-order valence-electron chi connectivity index (χ0n) is 12.1. The predicted octanol–water partition coefficient (Wildman–Crippen LogP) is 2.49. The first-order chi connectivity index (χ1) is 10.3. The summed E-state index contributed by atoms with van der Waals surface area (Å²) in [5, 5.41) is 12.0. The number of hydrogen-bond acceptors (Lipinski definition) is 6. The summed E-state index contributed by atoms with van der Waals surface area (Å²) in [6.45, 7) is 4.22. The summed E-state index contributed by atoms with van der Waals surface area (Å²) < 4.78 is 6.74. The maximum absolute atomic E-state index is 12.0. The molecule has 0 aliphatic carbocycles. The Labute approximate surface area is 127 Å². The number of thioether (sulfide) groups is 1. The molecule has 6 nitrogen and oxygen atoms in total. The van der Waals surface area contributed by atoms with Gasteiger partial charge in [0.25, 0.3) is 0 Å². The third-order valence-electron chi connectivity index (χ3n) is 2.79. The average molecular weight is 306 g/mol. The van der Waals surface area contributed by atoms with Gasteiger partial charge in [0.2, 0.25) is 5.16 Å². The van der Waals surface area contributed by atoms with Gasteiger partial charge in [0.1, 0.15) is 5.25 Å². The molecule has 1 unspecified atom stereocenters. The van der Waals surface area contributed by atoms with Crippen LogP contribution in [-0.2, 0) is 9.53 Å². The van der Waals surface area contributed by atoms with Gasteiger partial charge in [-0.15, -0.1) is 5.10 Å². The van der Waals surface area contributed by atoms with E-state index in [1.165, 1.54) is 11.8 Å². The monoisotopic (exact) mass is 306 g/mol. The molecule has 2 aromatic rings. The van der Waals surface area contributed by atoms with Crippen LogP contribution in [0, 0.1) is 0 Å². The van der Waals surface area contributed by atoms with Gasteiger partial charge < -0.3 is 4.74 Å². The van der Waals surface area contributed by atoms with Crippen molar-refractivity contribution >= 4 is 17.7 Å². The Morgan fingerprint density at radius 2 is 2.10 bits per heavy atom. The molecule has 21 heavy (non-hydrogen) atoms. The van der Waals surface area contributed by atoms with Crippen LogP contribution in [0.25, 0.3) is 5.69 Å². The van der Waals surface area contributed by atoms with Gasteiger partial charge in [-0.3, -0.25) is 4.79 Å². The lowest BCUT2D eigenvalue weighted by Gasteiger charge is -2.13. The molecule has 1 atom stereocenters. The fourth-order valence-electron chi connectivity index (χ4n) is 1.83. The molecule has 0 radical (unpaired) electrons. The van der Waals surface area contributed by atoms with Crippen LogP contribution in [0.5, 0.6) is 0 Å². The van der Waals surface area contributed by atoms with Crippen molar-refractivity contribution in [2.45, 2.75) is 37.1 Å². The highest BCUT2D eigenvalue weighted by Crippen LogP contribution is 2.26. The van der Waals surface area contributed by atoms with Gasteiger partial charge in [-0.25, -0.2) is 0 Å². The molecule has 1 aromatic carbocycles. The second kappa shape index (κ2) is 7.78. The Bertz CT molecular complexity index is 573. The number of ether oxygens (including phenoxy) is 1. The molecule has 0 saturated heterocycles. The molecule has 0 fully saturated rings. The van der Waals surface area contributed by atoms with Crippen molar-refractivity contribution in [1.29, 1.82) is 0 Å². The maximum atomic E-state index is 12.0. The number of hydrogen-bond donors (Lipinski definition) is 0. The molecule has 0 amide bonds. The summed E-state index contributed by atoms with van der Waals surface area (Å²) in [5.74, 6) is -0.216. The quantitative estimate of drug-likeness (QED) is 0.578. The van der Waals surface area contributed by atoms with Gasteiger partial charge in [0, 0.05) is 0 Å². The van der Waals surface area contributed by atoms with Gasteiger partial charge in [-0.05, 0) is 35.9 Å². The van der Waals surface area contributed by atoms with E-state index in [-0.39, 0.29) is 11.2 Å². The first kappa shape index (κ1) is 15.5. The topological polar surface area (TPSA) is 69.9 Å². The number of tetrazole rings is 1. The Balaban J connectivity index is 2.18. The first-order valence-corrected chi connectivity index (χ1v) is 7.81. The van der Waals surface area contributed by atoms with Crippen LogP contribution in [0.3, 0.4) is 0 Å². The fraction of sp³-hybridized carbons (Fsp3) is 0.429. The van der Waals surface area contributed by atoms with Crippen molar-refractivity contribution in [2.24, 2.45) is 0 Å². The van der Waals surface area contributed by atoms with Crippen LogP contribution in [0.15, 0.2) is 35.5 Å². The second-order valence-electron chi connectivity index (χ2n) is 4.36. The van der Waals surface area contributed by atoms with Crippen LogP contribution in [0.1, 0.15) is 26.7 Å². The van der Waals surface area contributed by atoms with Crippen molar-refractivity contribution in [3.63, 3.8) is 0 Å². The number of rotatable bonds is 7. The molecule has 0 bridgehead atoms. The number of benzene rings is 1. The Hall–Kier alpha value is -1.89. The first-order valence-electron chi connectivity index (χ1n) is 6.93. The summed E-state index contributed by atoms with van der Waals surface area (Å²) in [6, 6.07) is 9.60. The molecule has 1 heterocycles. The zero-order valence-corrected chi connectivity index (χ0v) is 12.9. The van der Waals surface area contributed by atoms with Gasteiger partial charge in [0.05, 0.1) is 12.3 Å². The van der Waals surface area contributed by atoms with E-state index in [4.69, 9.17) is 4.74 Å². The SMILES string of the molecule is CCCC(Sc1nnnn1-c1ccccc1)C(=O)OCC. The normalized spacial score (nSPS) is 12.1. The maximum Gasteiger partial charge on any atom is 0.319 e. The minimum Gasteiger partial charge on any atom is -0.465 e. The molecule has 0 N–H and O–H groups in total. The molecule has 112 valence electrons. The lowest BCUT2D eigenvalue weighted by atomic mass is 10.2. The Kier molecular flexibility index (Phi) is 5.74. The molecule has 0 aliphatic rings. The fourth-order valence-corrected chi connectivity index (χ4v) is 2.93. The third kappa shape index (κ3) is 4.04. The van der Waals surface area contributed by atoms with Crippen LogP contribution in [0.2, 0.25) is 0 Å². The largest absolute Gasteiger partial charge is 0.465 e. The lowest BCUT2D eigenvalue weighted by Crippen LogP contribution is -2.20. The van der Waals surface area contributed by atoms with E-state index in [2.05, 4.69) is 15.5 Å². The van der Waals surface area contributed by atoms with Crippen LogP contribution in [-0.4, -0.2) is 38.0 Å². The van der Waals surface area contributed by atoms with E-state index in [0.29, 0.717) is 11.8 Å². The number of carbonyl (C=O) groups excluding carboxylic acids is 1. The van der Waals surface area contributed by atoms with Crippen LogP contribution < -0.4 is 0 Å². The van der Waals surface area contributed by atoms with Crippen LogP contribution >= 0.6 is 11.8 Å². The van der Waals surface area contributed by atoms with Crippen molar-refractivity contribution in [3.8, 4) is 5.69 Å². The minimum atomic E-state index is -0.289. The molecule has 0 aliphatic heterocycles. The Morgan fingerprint density at radius 1 is 1.33 bits per heavy atom. The lowest BCUT2D eigenvalue weighted by molar-refractivity contribution is -0.142. The summed E-state index contributed by atoms with van der Waals surface area (Å²) in [5.41, 5.74) is 0.865. The van der Waals surface area contributed by atoms with Crippen molar-refractivity contribution < 1.29 is 9.53 Å². The molecule has 0 spiro atoms. The Morgan fingerprint density at radius 3 is 2.76 bits per heavy atom. The highest BCUT2D eigenvalue weighted by Gasteiger charge is 2.23.